The van der Waals surface area contributed by atoms with E-state index in [0.29, 0.717) is 17.6 Å². The Morgan fingerprint density at radius 3 is 2.79 bits per heavy atom. The Hall–Kier alpha value is -2.37. The summed E-state index contributed by atoms with van der Waals surface area (Å²) in [7, 11) is 0. The smallest absolute Gasteiger partial charge is 0.227 e. The minimum Gasteiger partial charge on any atom is -0.370 e. The lowest BCUT2D eigenvalue weighted by Gasteiger charge is -2.38. The van der Waals surface area contributed by atoms with Crippen LogP contribution in [0.1, 0.15) is 5.89 Å². The van der Waals surface area contributed by atoms with Crippen LogP contribution in [0.15, 0.2) is 34.9 Å². The van der Waals surface area contributed by atoms with Crippen LogP contribution in [0.2, 0.25) is 0 Å². The fourth-order valence-corrected chi connectivity index (χ4v) is 2.18. The van der Waals surface area contributed by atoms with Gasteiger partial charge in [0.2, 0.25) is 11.7 Å². The van der Waals surface area contributed by atoms with Gasteiger partial charge in [0, 0.05) is 31.0 Å². The van der Waals surface area contributed by atoms with Crippen molar-refractivity contribution in [1.29, 1.82) is 5.41 Å². The molecule has 1 fully saturated rings. The van der Waals surface area contributed by atoms with Crippen LogP contribution in [0.25, 0.3) is 11.4 Å². The Kier molecular flexibility index (Phi) is 2.91. The summed E-state index contributed by atoms with van der Waals surface area (Å²) >= 11 is 0. The molecule has 0 spiro atoms. The third-order valence-corrected chi connectivity index (χ3v) is 3.26. The second-order valence-electron chi connectivity index (χ2n) is 4.74. The lowest BCUT2D eigenvalue weighted by molar-refractivity contribution is 0.171. The lowest BCUT2D eigenvalue weighted by Crippen LogP contribution is -2.53. The molecule has 0 amide bonds. The highest BCUT2D eigenvalue weighted by Crippen LogP contribution is 2.21. The van der Waals surface area contributed by atoms with Gasteiger partial charge in [0.15, 0.2) is 5.96 Å². The van der Waals surface area contributed by atoms with Crippen molar-refractivity contribution < 1.29 is 4.52 Å². The minimum absolute atomic E-state index is 0.131. The van der Waals surface area contributed by atoms with Gasteiger partial charge in [-0.05, 0) is 0 Å². The molecular formula is C13H15N5O. The molecule has 3 rings (SSSR count). The van der Waals surface area contributed by atoms with Gasteiger partial charge in [-0.1, -0.05) is 35.5 Å². The Morgan fingerprint density at radius 2 is 2.11 bits per heavy atom. The number of benzene rings is 1. The maximum absolute atomic E-state index is 7.29. The van der Waals surface area contributed by atoms with Crippen LogP contribution in [0.3, 0.4) is 0 Å². The fourth-order valence-electron chi connectivity index (χ4n) is 2.18. The fraction of sp³-hybridized carbons (Fsp3) is 0.308. The third kappa shape index (κ3) is 2.42. The summed E-state index contributed by atoms with van der Waals surface area (Å²) in [5.41, 5.74) is 6.35. The van der Waals surface area contributed by atoms with E-state index in [1.165, 1.54) is 0 Å². The van der Waals surface area contributed by atoms with E-state index in [0.717, 1.165) is 25.1 Å². The van der Waals surface area contributed by atoms with Crippen molar-refractivity contribution in [2.24, 2.45) is 11.7 Å². The molecule has 6 nitrogen and oxygen atoms in total. The quantitative estimate of drug-likeness (QED) is 0.634. The number of hydrogen-bond donors (Lipinski definition) is 2. The van der Waals surface area contributed by atoms with E-state index in [4.69, 9.17) is 15.7 Å². The largest absolute Gasteiger partial charge is 0.370 e. The van der Waals surface area contributed by atoms with Crippen molar-refractivity contribution in [2.75, 3.05) is 13.1 Å². The Labute approximate surface area is 110 Å². The molecule has 2 heterocycles. The SMILES string of the molecule is N=C(N)N1CC(Cc2nc(-c3ccccc3)no2)C1. The first-order valence-corrected chi connectivity index (χ1v) is 6.19. The molecule has 0 atom stereocenters. The topological polar surface area (TPSA) is 92.0 Å². The van der Waals surface area contributed by atoms with Crippen LogP contribution in [0.5, 0.6) is 0 Å². The lowest BCUT2D eigenvalue weighted by atomic mass is 9.97. The average molecular weight is 257 g/mol. The van der Waals surface area contributed by atoms with Crippen molar-refractivity contribution in [3.63, 3.8) is 0 Å². The van der Waals surface area contributed by atoms with Gasteiger partial charge in [0.05, 0.1) is 0 Å². The molecule has 1 aliphatic rings. The summed E-state index contributed by atoms with van der Waals surface area (Å²) in [6.45, 7) is 1.58. The summed E-state index contributed by atoms with van der Waals surface area (Å²) < 4.78 is 5.26. The minimum atomic E-state index is 0.131. The molecule has 0 saturated carbocycles. The molecule has 0 bridgehead atoms. The molecule has 6 heteroatoms. The molecule has 1 aromatic carbocycles. The number of likely N-dealkylation sites (tertiary alicyclic amines) is 1. The van der Waals surface area contributed by atoms with E-state index in [-0.39, 0.29) is 5.96 Å². The van der Waals surface area contributed by atoms with Crippen LogP contribution in [-0.4, -0.2) is 34.1 Å². The van der Waals surface area contributed by atoms with E-state index in [2.05, 4.69) is 10.1 Å². The molecule has 0 aliphatic carbocycles. The maximum atomic E-state index is 7.29. The van der Waals surface area contributed by atoms with Gasteiger partial charge in [0.1, 0.15) is 0 Å². The highest BCUT2D eigenvalue weighted by molar-refractivity contribution is 5.75. The van der Waals surface area contributed by atoms with Crippen LogP contribution < -0.4 is 5.73 Å². The summed E-state index contributed by atoms with van der Waals surface area (Å²) in [4.78, 5) is 6.21. The molecule has 3 N–H and O–H groups in total. The second-order valence-corrected chi connectivity index (χ2v) is 4.74. The van der Waals surface area contributed by atoms with E-state index < -0.39 is 0 Å². The predicted octanol–water partition coefficient (Wildman–Crippen LogP) is 1.10. The van der Waals surface area contributed by atoms with Crippen LogP contribution in [-0.2, 0) is 6.42 Å². The molecular weight excluding hydrogens is 242 g/mol. The number of nitrogens with two attached hydrogens (primary N) is 1. The average Bonchev–Trinajstić information content (AvgIpc) is 2.82. The zero-order valence-corrected chi connectivity index (χ0v) is 10.4. The van der Waals surface area contributed by atoms with Crippen molar-refractivity contribution in [2.45, 2.75) is 6.42 Å². The molecule has 1 aromatic heterocycles. The standard InChI is InChI=1S/C13H15N5O/c14-13(15)18-7-9(8-18)6-11-16-12(17-19-11)10-4-2-1-3-5-10/h1-5,9H,6-8H2,(H3,14,15). The normalized spacial score (nSPS) is 15.3. The first kappa shape index (κ1) is 11.7. The van der Waals surface area contributed by atoms with E-state index >= 15 is 0 Å². The Bertz CT molecular complexity index is 574. The van der Waals surface area contributed by atoms with Gasteiger partial charge in [-0.15, -0.1) is 0 Å². The highest BCUT2D eigenvalue weighted by Gasteiger charge is 2.29. The van der Waals surface area contributed by atoms with Gasteiger partial charge < -0.3 is 15.2 Å². The van der Waals surface area contributed by atoms with Gasteiger partial charge in [-0.25, -0.2) is 0 Å². The van der Waals surface area contributed by atoms with Crippen LogP contribution in [0, 0.1) is 11.3 Å². The molecule has 19 heavy (non-hydrogen) atoms. The van der Waals surface area contributed by atoms with Crippen molar-refractivity contribution >= 4 is 5.96 Å². The highest BCUT2D eigenvalue weighted by atomic mass is 16.5. The third-order valence-electron chi connectivity index (χ3n) is 3.26. The predicted molar refractivity (Wildman–Crippen MR) is 70.4 cm³/mol. The maximum Gasteiger partial charge on any atom is 0.227 e. The first-order chi connectivity index (χ1) is 9.22. The summed E-state index contributed by atoms with van der Waals surface area (Å²) in [5.74, 6) is 1.84. The number of nitrogens with zero attached hydrogens (tertiary/aromatic N) is 3. The van der Waals surface area contributed by atoms with E-state index in [1.54, 1.807) is 0 Å². The monoisotopic (exact) mass is 257 g/mol. The second kappa shape index (κ2) is 4.72. The first-order valence-electron chi connectivity index (χ1n) is 6.19. The number of hydrogen-bond acceptors (Lipinski definition) is 4. The number of rotatable bonds is 3. The molecule has 1 aliphatic heterocycles. The van der Waals surface area contributed by atoms with Gasteiger partial charge in [-0.3, -0.25) is 5.41 Å². The van der Waals surface area contributed by atoms with Crippen molar-refractivity contribution in [3.8, 4) is 11.4 Å². The molecule has 1 saturated heterocycles. The molecule has 0 unspecified atom stereocenters. The van der Waals surface area contributed by atoms with Gasteiger partial charge in [-0.2, -0.15) is 4.98 Å². The molecule has 2 aromatic rings. The molecule has 0 radical (unpaired) electrons. The van der Waals surface area contributed by atoms with Crippen LogP contribution >= 0.6 is 0 Å². The Balaban J connectivity index is 1.62. The van der Waals surface area contributed by atoms with Gasteiger partial charge >= 0.3 is 0 Å². The Morgan fingerprint density at radius 1 is 1.37 bits per heavy atom. The summed E-state index contributed by atoms with van der Waals surface area (Å²) in [6, 6.07) is 9.75. The van der Waals surface area contributed by atoms with Crippen molar-refractivity contribution in [1.82, 2.24) is 15.0 Å². The number of guanidine groups is 1. The van der Waals surface area contributed by atoms with Crippen LogP contribution in [0.4, 0.5) is 0 Å². The number of nitrogens with one attached hydrogen (secondary N) is 1. The summed E-state index contributed by atoms with van der Waals surface area (Å²) in [5, 5.41) is 11.3. The van der Waals surface area contributed by atoms with Crippen molar-refractivity contribution in [3.05, 3.63) is 36.2 Å². The number of aromatic nitrogens is 2. The summed E-state index contributed by atoms with van der Waals surface area (Å²) in [6.07, 6.45) is 0.740. The van der Waals surface area contributed by atoms with Gasteiger partial charge in [0.25, 0.3) is 0 Å². The van der Waals surface area contributed by atoms with E-state index in [9.17, 15) is 0 Å². The van der Waals surface area contributed by atoms with E-state index in [1.807, 2.05) is 35.2 Å². The molecule has 98 valence electrons. The zero-order chi connectivity index (χ0) is 13.2. The zero-order valence-electron chi connectivity index (χ0n) is 10.4.